The summed E-state index contributed by atoms with van der Waals surface area (Å²) in [6.07, 6.45) is 5.06. The molecule has 0 radical (unpaired) electrons. The van der Waals surface area contributed by atoms with Crippen LogP contribution in [0.2, 0.25) is 0 Å². The first-order valence-electron chi connectivity index (χ1n) is 7.74. The minimum Gasteiger partial charge on any atom is -0.366 e. The van der Waals surface area contributed by atoms with Crippen LogP contribution in [-0.4, -0.2) is 40.6 Å². The molecule has 124 valence electrons. The van der Waals surface area contributed by atoms with Crippen LogP contribution in [-0.2, 0) is 0 Å². The first kappa shape index (κ1) is 17.6. The average Bonchev–Trinajstić information content (AvgIpc) is 2.58. The number of pyridine rings is 1. The van der Waals surface area contributed by atoms with Crippen LogP contribution in [0.25, 0.3) is 0 Å². The Morgan fingerprint density at radius 1 is 1.09 bits per heavy atom. The van der Waals surface area contributed by atoms with Gasteiger partial charge in [-0.25, -0.2) is 15.0 Å². The second-order valence-corrected chi connectivity index (χ2v) is 5.84. The summed E-state index contributed by atoms with van der Waals surface area (Å²) in [5, 5.41) is 0. The molecule has 3 rings (SSSR count). The fourth-order valence-electron chi connectivity index (χ4n) is 2.54. The van der Waals surface area contributed by atoms with Crippen LogP contribution in [0.5, 0.6) is 0 Å². The molecule has 1 unspecified atom stereocenters. The van der Waals surface area contributed by atoms with Crippen molar-refractivity contribution in [3.8, 4) is 0 Å². The van der Waals surface area contributed by atoms with Crippen LogP contribution in [0.1, 0.15) is 20.8 Å². The second-order valence-electron chi connectivity index (χ2n) is 5.02. The van der Waals surface area contributed by atoms with Crippen molar-refractivity contribution in [2.24, 2.45) is 0 Å². The molecule has 7 heteroatoms. The number of rotatable bonds is 2. The van der Waals surface area contributed by atoms with E-state index in [0.29, 0.717) is 6.04 Å². The number of nitrogens with zero attached hydrogens (tertiary/aromatic N) is 5. The molecule has 5 nitrogen and oxygen atoms in total. The van der Waals surface area contributed by atoms with Gasteiger partial charge in [-0.2, -0.15) is 4.39 Å². The zero-order valence-electron chi connectivity index (χ0n) is 13.6. The van der Waals surface area contributed by atoms with Crippen molar-refractivity contribution >= 4 is 27.4 Å². The van der Waals surface area contributed by atoms with Crippen molar-refractivity contribution < 1.29 is 4.39 Å². The maximum Gasteiger partial charge on any atom is 0.212 e. The Hall–Kier alpha value is -1.76. The predicted molar refractivity (Wildman–Crippen MR) is 94.3 cm³/mol. The lowest BCUT2D eigenvalue weighted by atomic mass is 10.2. The monoisotopic (exact) mass is 381 g/mol. The van der Waals surface area contributed by atoms with Gasteiger partial charge in [0.2, 0.25) is 5.95 Å². The standard InChI is InChI=1S/C14H15BrFN5.C2H6/c1-10-9-20(11-2-3-13(16)18-6-11)4-5-21(10)14-8-17-12(15)7-19-14;1-2/h2-3,6-8,10H,4-5,9H2,1H3;1-2H3. The van der Waals surface area contributed by atoms with E-state index in [1.54, 1.807) is 24.7 Å². The summed E-state index contributed by atoms with van der Waals surface area (Å²) in [5.74, 6) is 0.429. The van der Waals surface area contributed by atoms with Gasteiger partial charge in [0.25, 0.3) is 0 Å². The molecule has 1 fully saturated rings. The maximum absolute atomic E-state index is 12.9. The number of anilines is 2. The fraction of sp³-hybridized carbons (Fsp3) is 0.438. The molecule has 0 N–H and O–H groups in total. The van der Waals surface area contributed by atoms with Gasteiger partial charge in [0.05, 0.1) is 24.3 Å². The molecule has 0 bridgehead atoms. The Bertz CT molecular complexity index is 605. The molecule has 1 atom stereocenters. The van der Waals surface area contributed by atoms with Crippen LogP contribution in [0.4, 0.5) is 15.9 Å². The van der Waals surface area contributed by atoms with Gasteiger partial charge >= 0.3 is 0 Å². The second kappa shape index (κ2) is 8.19. The van der Waals surface area contributed by atoms with E-state index in [-0.39, 0.29) is 0 Å². The summed E-state index contributed by atoms with van der Waals surface area (Å²) >= 11 is 3.29. The third-order valence-corrected chi connectivity index (χ3v) is 4.01. The van der Waals surface area contributed by atoms with Gasteiger partial charge in [-0.1, -0.05) is 13.8 Å². The first-order chi connectivity index (χ1) is 11.1. The summed E-state index contributed by atoms with van der Waals surface area (Å²) in [4.78, 5) is 16.8. The summed E-state index contributed by atoms with van der Waals surface area (Å²) in [6.45, 7) is 8.67. The fourth-order valence-corrected chi connectivity index (χ4v) is 2.75. The molecular weight excluding hydrogens is 361 g/mol. The third kappa shape index (κ3) is 4.37. The van der Waals surface area contributed by atoms with E-state index in [4.69, 9.17) is 0 Å². The third-order valence-electron chi connectivity index (χ3n) is 3.61. The zero-order valence-corrected chi connectivity index (χ0v) is 15.2. The topological polar surface area (TPSA) is 45.2 Å². The SMILES string of the molecule is CC.CC1CN(c2ccc(F)nc2)CCN1c1cnc(Br)cn1. The largest absolute Gasteiger partial charge is 0.366 e. The van der Waals surface area contributed by atoms with Crippen LogP contribution < -0.4 is 9.80 Å². The van der Waals surface area contributed by atoms with Crippen molar-refractivity contribution in [3.05, 3.63) is 41.3 Å². The highest BCUT2D eigenvalue weighted by Gasteiger charge is 2.25. The van der Waals surface area contributed by atoms with Gasteiger partial charge in [0, 0.05) is 25.7 Å². The van der Waals surface area contributed by atoms with Gasteiger partial charge in [0.15, 0.2) is 0 Å². The molecule has 1 aliphatic heterocycles. The average molecular weight is 382 g/mol. The van der Waals surface area contributed by atoms with Gasteiger partial charge in [-0.3, -0.25) is 0 Å². The molecule has 2 aromatic rings. The number of piperazine rings is 1. The van der Waals surface area contributed by atoms with Crippen molar-refractivity contribution in [2.75, 3.05) is 29.4 Å². The zero-order chi connectivity index (χ0) is 16.8. The van der Waals surface area contributed by atoms with Gasteiger partial charge in [-0.05, 0) is 35.0 Å². The molecule has 3 heterocycles. The van der Waals surface area contributed by atoms with E-state index in [9.17, 15) is 4.39 Å². The molecule has 23 heavy (non-hydrogen) atoms. The number of aromatic nitrogens is 3. The lowest BCUT2D eigenvalue weighted by Crippen LogP contribution is -2.52. The van der Waals surface area contributed by atoms with E-state index < -0.39 is 5.95 Å². The predicted octanol–water partition coefficient (Wildman–Crippen LogP) is 3.51. The Kier molecular flexibility index (Phi) is 6.27. The normalized spacial score (nSPS) is 17.5. The number of halogens is 2. The molecule has 0 aliphatic carbocycles. The molecular formula is C16H21BrFN5. The number of hydrogen-bond donors (Lipinski definition) is 0. The highest BCUT2D eigenvalue weighted by molar-refractivity contribution is 9.10. The Balaban J connectivity index is 0.000000924. The lowest BCUT2D eigenvalue weighted by molar-refractivity contribution is 0.542. The lowest BCUT2D eigenvalue weighted by Gasteiger charge is -2.41. The summed E-state index contributed by atoms with van der Waals surface area (Å²) in [6, 6.07) is 3.45. The quantitative estimate of drug-likeness (QED) is 0.744. The minimum absolute atomic E-state index is 0.291. The minimum atomic E-state index is -0.449. The highest BCUT2D eigenvalue weighted by Crippen LogP contribution is 2.22. The van der Waals surface area contributed by atoms with Crippen LogP contribution in [0, 0.1) is 5.95 Å². The van der Waals surface area contributed by atoms with Gasteiger partial charge < -0.3 is 9.80 Å². The summed E-state index contributed by atoms with van der Waals surface area (Å²) in [7, 11) is 0. The van der Waals surface area contributed by atoms with E-state index >= 15 is 0 Å². The highest BCUT2D eigenvalue weighted by atomic mass is 79.9. The van der Waals surface area contributed by atoms with E-state index in [1.807, 2.05) is 13.8 Å². The molecule has 0 amide bonds. The number of hydrogen-bond acceptors (Lipinski definition) is 5. The van der Waals surface area contributed by atoms with E-state index in [0.717, 1.165) is 35.7 Å². The summed E-state index contributed by atoms with van der Waals surface area (Å²) in [5.41, 5.74) is 0.949. The first-order valence-corrected chi connectivity index (χ1v) is 8.53. The Morgan fingerprint density at radius 2 is 1.87 bits per heavy atom. The van der Waals surface area contributed by atoms with Crippen molar-refractivity contribution in [1.29, 1.82) is 0 Å². The Labute approximate surface area is 144 Å². The molecule has 1 saturated heterocycles. The summed E-state index contributed by atoms with van der Waals surface area (Å²) < 4.78 is 13.6. The van der Waals surface area contributed by atoms with Crippen molar-refractivity contribution in [3.63, 3.8) is 0 Å². The van der Waals surface area contributed by atoms with Gasteiger partial charge in [-0.15, -0.1) is 0 Å². The van der Waals surface area contributed by atoms with E-state index in [2.05, 4.69) is 47.6 Å². The maximum atomic E-state index is 12.9. The molecule has 0 spiro atoms. The molecule has 2 aromatic heterocycles. The molecule has 0 saturated carbocycles. The van der Waals surface area contributed by atoms with Crippen molar-refractivity contribution in [2.45, 2.75) is 26.8 Å². The molecule has 1 aliphatic rings. The molecule has 0 aromatic carbocycles. The van der Waals surface area contributed by atoms with Crippen molar-refractivity contribution in [1.82, 2.24) is 15.0 Å². The van der Waals surface area contributed by atoms with Crippen LogP contribution in [0.15, 0.2) is 35.3 Å². The van der Waals surface area contributed by atoms with Crippen LogP contribution >= 0.6 is 15.9 Å². The smallest absolute Gasteiger partial charge is 0.212 e. The van der Waals surface area contributed by atoms with Gasteiger partial charge in [0.1, 0.15) is 10.4 Å². The van der Waals surface area contributed by atoms with Crippen LogP contribution in [0.3, 0.4) is 0 Å². The van der Waals surface area contributed by atoms with E-state index in [1.165, 1.54) is 6.07 Å². The Morgan fingerprint density at radius 3 is 2.43 bits per heavy atom.